The van der Waals surface area contributed by atoms with Crippen molar-refractivity contribution < 1.29 is 0 Å². The largest absolute Gasteiger partial charge is 0.366 e. The Labute approximate surface area is 157 Å². The third-order valence-corrected chi connectivity index (χ3v) is 5.36. The minimum absolute atomic E-state index is 0.151. The molecular weight excluding hydrogens is 318 g/mol. The van der Waals surface area contributed by atoms with E-state index in [4.69, 9.17) is 0 Å². The predicted molar refractivity (Wildman–Crippen MR) is 108 cm³/mol. The van der Waals surface area contributed by atoms with Gasteiger partial charge in [-0.2, -0.15) is 0 Å². The molecule has 3 heteroatoms. The lowest BCUT2D eigenvalue weighted by Crippen LogP contribution is -2.23. The molecule has 1 fully saturated rings. The van der Waals surface area contributed by atoms with Gasteiger partial charge >= 0.3 is 0 Å². The van der Waals surface area contributed by atoms with Gasteiger partial charge in [0.15, 0.2) is 0 Å². The quantitative estimate of drug-likeness (QED) is 0.810. The molecule has 2 aliphatic heterocycles. The lowest BCUT2D eigenvalue weighted by molar-refractivity contribution is 0.331. The Morgan fingerprint density at radius 3 is 2.65 bits per heavy atom. The molecule has 0 saturated carbocycles. The Bertz CT molecular complexity index is 775. The zero-order valence-electron chi connectivity index (χ0n) is 15.7. The van der Waals surface area contributed by atoms with Crippen molar-refractivity contribution in [3.63, 3.8) is 0 Å². The molecule has 0 spiro atoms. The highest BCUT2D eigenvalue weighted by atomic mass is 15.2. The van der Waals surface area contributed by atoms with Gasteiger partial charge in [-0.05, 0) is 60.7 Å². The summed E-state index contributed by atoms with van der Waals surface area (Å²) in [6.45, 7) is 5.78. The van der Waals surface area contributed by atoms with Gasteiger partial charge < -0.3 is 10.6 Å². The van der Waals surface area contributed by atoms with Crippen LogP contribution in [0.25, 0.3) is 5.70 Å². The maximum Gasteiger partial charge on any atom is 0.123 e. The predicted octanol–water partition coefficient (Wildman–Crippen LogP) is 4.42. The van der Waals surface area contributed by atoms with Gasteiger partial charge in [0.2, 0.25) is 0 Å². The summed E-state index contributed by atoms with van der Waals surface area (Å²) < 4.78 is 0. The number of benzene rings is 2. The Hall–Kier alpha value is -2.26. The van der Waals surface area contributed by atoms with E-state index in [0.29, 0.717) is 0 Å². The molecule has 0 aliphatic carbocycles. The van der Waals surface area contributed by atoms with Gasteiger partial charge in [-0.25, -0.2) is 0 Å². The first-order chi connectivity index (χ1) is 12.8. The Kier molecular flexibility index (Phi) is 5.26. The maximum absolute atomic E-state index is 3.65. The normalized spacial score (nSPS) is 19.9. The van der Waals surface area contributed by atoms with Crippen LogP contribution in [-0.4, -0.2) is 18.0 Å². The van der Waals surface area contributed by atoms with Crippen LogP contribution in [0.2, 0.25) is 0 Å². The number of aryl methyl sites for hydroxylation is 1. The lowest BCUT2D eigenvalue weighted by Gasteiger charge is -2.18. The van der Waals surface area contributed by atoms with Crippen LogP contribution in [0.5, 0.6) is 0 Å². The Morgan fingerprint density at radius 2 is 1.81 bits per heavy atom. The minimum Gasteiger partial charge on any atom is -0.366 e. The summed E-state index contributed by atoms with van der Waals surface area (Å²) in [6.07, 6.45) is 7.27. The number of rotatable bonds is 6. The molecule has 2 aromatic rings. The number of hydrogen-bond acceptors (Lipinski definition) is 3. The highest BCUT2D eigenvalue weighted by molar-refractivity contribution is 5.66. The average Bonchev–Trinajstić information content (AvgIpc) is 3.34. The highest BCUT2D eigenvalue weighted by Gasteiger charge is 2.19. The van der Waals surface area contributed by atoms with E-state index in [-0.39, 0.29) is 6.17 Å². The van der Waals surface area contributed by atoms with Gasteiger partial charge in [0.05, 0.1) is 5.70 Å². The summed E-state index contributed by atoms with van der Waals surface area (Å²) in [5, 5.41) is 7.16. The van der Waals surface area contributed by atoms with Crippen molar-refractivity contribution in [2.75, 3.05) is 13.1 Å². The second-order valence-electron chi connectivity index (χ2n) is 7.48. The first-order valence-electron chi connectivity index (χ1n) is 9.95. The second kappa shape index (κ2) is 7.96. The molecule has 1 atom stereocenters. The molecular formula is C23H29N3. The third-order valence-electron chi connectivity index (χ3n) is 5.36. The highest BCUT2D eigenvalue weighted by Crippen LogP contribution is 2.24. The van der Waals surface area contributed by atoms with Crippen LogP contribution in [0.4, 0.5) is 0 Å². The lowest BCUT2D eigenvalue weighted by atomic mass is 10.0. The molecule has 4 rings (SSSR count). The van der Waals surface area contributed by atoms with Gasteiger partial charge in [0.25, 0.3) is 0 Å². The van der Waals surface area contributed by atoms with E-state index in [1.807, 2.05) is 0 Å². The summed E-state index contributed by atoms with van der Waals surface area (Å²) in [4.78, 5) is 2.55. The van der Waals surface area contributed by atoms with Crippen LogP contribution in [0.15, 0.2) is 54.7 Å². The van der Waals surface area contributed by atoms with E-state index in [9.17, 15) is 0 Å². The Balaban J connectivity index is 1.43. The van der Waals surface area contributed by atoms with Crippen LogP contribution in [0.3, 0.4) is 0 Å². The molecule has 0 aromatic heterocycles. The van der Waals surface area contributed by atoms with E-state index >= 15 is 0 Å². The number of likely N-dealkylation sites (tertiary alicyclic amines) is 1. The fourth-order valence-electron chi connectivity index (χ4n) is 4.00. The van der Waals surface area contributed by atoms with Crippen LogP contribution in [-0.2, 0) is 13.0 Å². The summed E-state index contributed by atoms with van der Waals surface area (Å²) in [5.41, 5.74) is 6.56. The van der Waals surface area contributed by atoms with Crippen molar-refractivity contribution >= 4 is 5.70 Å². The molecule has 3 nitrogen and oxygen atoms in total. The summed E-state index contributed by atoms with van der Waals surface area (Å²) >= 11 is 0. The molecule has 1 unspecified atom stereocenters. The summed E-state index contributed by atoms with van der Waals surface area (Å²) in [5.74, 6) is 0. The van der Waals surface area contributed by atoms with Crippen molar-refractivity contribution in [2.24, 2.45) is 0 Å². The third kappa shape index (κ3) is 3.94. The van der Waals surface area contributed by atoms with Crippen molar-refractivity contribution in [1.82, 2.24) is 15.5 Å². The van der Waals surface area contributed by atoms with Crippen molar-refractivity contribution in [3.05, 3.63) is 77.0 Å². The molecule has 0 radical (unpaired) electrons. The number of nitrogens with zero attached hydrogens (tertiary/aromatic N) is 1. The van der Waals surface area contributed by atoms with Crippen LogP contribution in [0.1, 0.15) is 54.6 Å². The van der Waals surface area contributed by atoms with Crippen molar-refractivity contribution in [2.45, 2.75) is 45.3 Å². The van der Waals surface area contributed by atoms with E-state index < -0.39 is 0 Å². The molecule has 2 aromatic carbocycles. The molecule has 2 aliphatic rings. The topological polar surface area (TPSA) is 27.3 Å². The zero-order chi connectivity index (χ0) is 17.8. The molecule has 26 heavy (non-hydrogen) atoms. The van der Waals surface area contributed by atoms with E-state index in [1.54, 1.807) is 0 Å². The van der Waals surface area contributed by atoms with Gasteiger partial charge in [-0.1, -0.05) is 55.8 Å². The van der Waals surface area contributed by atoms with Crippen LogP contribution in [0, 0.1) is 0 Å². The monoisotopic (exact) mass is 347 g/mol. The average molecular weight is 348 g/mol. The SMILES string of the molecule is CCCc1cccc(C2=CNC(c3cccc(CN4CCCC4)c3)N2)c1. The standard InChI is InChI=1S/C23H29N3/c1-2-7-18-8-5-10-20(14-18)22-16-24-23(25-22)21-11-6-9-19(15-21)17-26-12-3-4-13-26/h5-6,8-11,14-16,23-25H,2-4,7,12-13,17H2,1H3. The van der Waals surface area contributed by atoms with E-state index in [2.05, 4.69) is 77.2 Å². The van der Waals surface area contributed by atoms with E-state index in [1.165, 1.54) is 60.3 Å². The molecule has 136 valence electrons. The molecule has 2 N–H and O–H groups in total. The molecule has 2 heterocycles. The maximum atomic E-state index is 3.65. The smallest absolute Gasteiger partial charge is 0.123 e. The van der Waals surface area contributed by atoms with Crippen molar-refractivity contribution in [3.8, 4) is 0 Å². The van der Waals surface area contributed by atoms with Gasteiger partial charge in [-0.15, -0.1) is 0 Å². The molecule has 1 saturated heterocycles. The van der Waals surface area contributed by atoms with Gasteiger partial charge in [0, 0.05) is 12.7 Å². The fraction of sp³-hybridized carbons (Fsp3) is 0.391. The van der Waals surface area contributed by atoms with E-state index in [0.717, 1.165) is 13.0 Å². The number of nitrogens with one attached hydrogen (secondary N) is 2. The first kappa shape index (κ1) is 17.2. The van der Waals surface area contributed by atoms with Gasteiger partial charge in [0.1, 0.15) is 6.17 Å². The first-order valence-corrected chi connectivity index (χ1v) is 9.95. The van der Waals surface area contributed by atoms with Gasteiger partial charge in [-0.3, -0.25) is 4.90 Å². The van der Waals surface area contributed by atoms with Crippen LogP contribution >= 0.6 is 0 Å². The summed E-state index contributed by atoms with van der Waals surface area (Å²) in [7, 11) is 0. The van der Waals surface area contributed by atoms with Crippen molar-refractivity contribution in [1.29, 1.82) is 0 Å². The van der Waals surface area contributed by atoms with Crippen LogP contribution < -0.4 is 10.6 Å². The fourth-order valence-corrected chi connectivity index (χ4v) is 4.00. The second-order valence-corrected chi connectivity index (χ2v) is 7.48. The molecule has 0 amide bonds. The minimum atomic E-state index is 0.151. The summed E-state index contributed by atoms with van der Waals surface area (Å²) in [6, 6.07) is 17.9. The molecule has 0 bridgehead atoms. The zero-order valence-corrected chi connectivity index (χ0v) is 15.7. The Morgan fingerprint density at radius 1 is 1.00 bits per heavy atom. The number of hydrogen-bond donors (Lipinski definition) is 2.